The number of carbonyl (C=O) groups excluding carboxylic acids is 1. The Hall–Kier alpha value is -2.90. The molecule has 0 saturated carbocycles. The number of aromatic nitrogens is 2. The number of nitrogens with one attached hydrogen (secondary N) is 1. The van der Waals surface area contributed by atoms with Crippen LogP contribution in [0, 0.1) is 13.8 Å². The van der Waals surface area contributed by atoms with Crippen molar-refractivity contribution in [2.45, 2.75) is 26.8 Å². The van der Waals surface area contributed by atoms with Gasteiger partial charge in [0, 0.05) is 34.5 Å². The Bertz CT molecular complexity index is 1140. The van der Waals surface area contributed by atoms with E-state index in [9.17, 15) is 4.79 Å². The molecule has 0 atom stereocenters. The zero-order chi connectivity index (χ0) is 23.4. The second-order valence-electron chi connectivity index (χ2n) is 7.13. The average molecular weight is 478 g/mol. The first-order valence-corrected chi connectivity index (χ1v) is 10.6. The van der Waals surface area contributed by atoms with Crippen LogP contribution in [-0.2, 0) is 17.8 Å². The molecule has 3 aromatic rings. The number of amides is 1. The number of benzene rings is 2. The first-order chi connectivity index (χ1) is 15.3. The normalized spacial score (nSPS) is 10.7. The fraction of sp³-hybridized carbons (Fsp3) is 0.304. The SMILES string of the molecule is COc1cc(OC)c(OC)cc1CNC(=O)Cc1c(C)nn(-c2ccc(Cl)cc2Cl)c1C. The second kappa shape index (κ2) is 10.1. The molecule has 170 valence electrons. The smallest absolute Gasteiger partial charge is 0.224 e. The predicted molar refractivity (Wildman–Crippen MR) is 125 cm³/mol. The Balaban J connectivity index is 1.77. The molecule has 0 spiro atoms. The maximum absolute atomic E-state index is 12.7. The molecule has 0 radical (unpaired) electrons. The van der Waals surface area contributed by atoms with E-state index >= 15 is 0 Å². The van der Waals surface area contributed by atoms with Gasteiger partial charge >= 0.3 is 0 Å². The van der Waals surface area contributed by atoms with Gasteiger partial charge in [-0.25, -0.2) is 4.68 Å². The number of carbonyl (C=O) groups is 1. The summed E-state index contributed by atoms with van der Waals surface area (Å²) in [6.45, 7) is 4.05. The number of hydrogen-bond acceptors (Lipinski definition) is 5. The molecule has 1 heterocycles. The van der Waals surface area contributed by atoms with Gasteiger partial charge in [0.25, 0.3) is 0 Å². The first kappa shape index (κ1) is 23.8. The highest BCUT2D eigenvalue weighted by molar-refractivity contribution is 6.35. The Kier molecular flexibility index (Phi) is 7.53. The standard InChI is InChI=1S/C23H25Cl2N3O4/c1-13-17(14(2)28(27-13)19-7-6-16(24)9-18(19)25)10-23(29)26-12-15-8-21(31-4)22(32-5)11-20(15)30-3/h6-9,11H,10,12H2,1-5H3,(H,26,29). The highest BCUT2D eigenvalue weighted by Crippen LogP contribution is 2.34. The van der Waals surface area contributed by atoms with Crippen LogP contribution in [0.4, 0.5) is 0 Å². The van der Waals surface area contributed by atoms with Crippen molar-refractivity contribution in [2.75, 3.05) is 21.3 Å². The molecular weight excluding hydrogens is 453 g/mol. The zero-order valence-electron chi connectivity index (χ0n) is 18.6. The van der Waals surface area contributed by atoms with Crippen molar-refractivity contribution in [1.82, 2.24) is 15.1 Å². The van der Waals surface area contributed by atoms with Crippen LogP contribution < -0.4 is 19.5 Å². The van der Waals surface area contributed by atoms with Crippen LogP contribution in [0.5, 0.6) is 17.2 Å². The number of ether oxygens (including phenoxy) is 3. The quantitative estimate of drug-likeness (QED) is 0.509. The van der Waals surface area contributed by atoms with E-state index in [0.717, 1.165) is 22.5 Å². The summed E-state index contributed by atoms with van der Waals surface area (Å²) < 4.78 is 17.8. The van der Waals surface area contributed by atoms with E-state index in [1.54, 1.807) is 56.3 Å². The van der Waals surface area contributed by atoms with E-state index in [0.29, 0.717) is 33.0 Å². The lowest BCUT2D eigenvalue weighted by Crippen LogP contribution is -2.25. The first-order valence-electron chi connectivity index (χ1n) is 9.85. The summed E-state index contributed by atoms with van der Waals surface area (Å²) in [4.78, 5) is 12.7. The van der Waals surface area contributed by atoms with Crippen LogP contribution in [0.15, 0.2) is 30.3 Å². The van der Waals surface area contributed by atoms with Gasteiger partial charge in [-0.15, -0.1) is 0 Å². The van der Waals surface area contributed by atoms with Crippen LogP contribution >= 0.6 is 23.2 Å². The van der Waals surface area contributed by atoms with Gasteiger partial charge in [-0.05, 0) is 38.1 Å². The van der Waals surface area contributed by atoms with E-state index in [2.05, 4.69) is 10.4 Å². The van der Waals surface area contributed by atoms with Crippen molar-refractivity contribution in [2.24, 2.45) is 0 Å². The highest BCUT2D eigenvalue weighted by Gasteiger charge is 2.18. The highest BCUT2D eigenvalue weighted by atomic mass is 35.5. The second-order valence-corrected chi connectivity index (χ2v) is 7.97. The summed E-state index contributed by atoms with van der Waals surface area (Å²) >= 11 is 12.3. The monoisotopic (exact) mass is 477 g/mol. The molecule has 2 aromatic carbocycles. The van der Waals surface area contributed by atoms with Crippen LogP contribution in [0.1, 0.15) is 22.5 Å². The number of nitrogens with zero attached hydrogens (tertiary/aromatic N) is 2. The van der Waals surface area contributed by atoms with E-state index in [1.807, 2.05) is 13.8 Å². The molecule has 0 unspecified atom stereocenters. The Morgan fingerprint density at radius 3 is 2.28 bits per heavy atom. The van der Waals surface area contributed by atoms with Gasteiger partial charge in [0.1, 0.15) is 5.75 Å². The van der Waals surface area contributed by atoms with Crippen LogP contribution in [0.2, 0.25) is 10.0 Å². The minimum atomic E-state index is -0.144. The summed E-state index contributed by atoms with van der Waals surface area (Å²) in [6, 6.07) is 8.74. The zero-order valence-corrected chi connectivity index (χ0v) is 20.1. The van der Waals surface area contributed by atoms with Crippen molar-refractivity contribution in [1.29, 1.82) is 0 Å². The Labute approximate surface area is 197 Å². The number of halogens is 2. The summed E-state index contributed by atoms with van der Waals surface area (Å²) in [7, 11) is 4.68. The number of aryl methyl sites for hydroxylation is 1. The Morgan fingerprint density at radius 1 is 1.00 bits per heavy atom. The maximum atomic E-state index is 12.7. The molecule has 0 aliphatic carbocycles. The molecule has 0 aliphatic heterocycles. The van der Waals surface area contributed by atoms with E-state index < -0.39 is 0 Å². The van der Waals surface area contributed by atoms with Crippen molar-refractivity contribution in [3.63, 3.8) is 0 Å². The minimum Gasteiger partial charge on any atom is -0.496 e. The van der Waals surface area contributed by atoms with Gasteiger partial charge in [-0.1, -0.05) is 23.2 Å². The third-order valence-electron chi connectivity index (χ3n) is 5.18. The van der Waals surface area contributed by atoms with Gasteiger partial charge in [-0.3, -0.25) is 4.79 Å². The van der Waals surface area contributed by atoms with Crippen molar-refractivity contribution >= 4 is 29.1 Å². The fourth-order valence-corrected chi connectivity index (χ4v) is 3.95. The Morgan fingerprint density at radius 2 is 1.66 bits per heavy atom. The third kappa shape index (κ3) is 4.95. The van der Waals surface area contributed by atoms with Gasteiger partial charge in [0.05, 0.1) is 44.2 Å². The van der Waals surface area contributed by atoms with Crippen molar-refractivity contribution in [3.8, 4) is 22.9 Å². The molecule has 0 aliphatic rings. The molecule has 0 saturated heterocycles. The van der Waals surface area contributed by atoms with Gasteiger partial charge < -0.3 is 19.5 Å². The summed E-state index contributed by atoms with van der Waals surface area (Å²) in [6.07, 6.45) is 0.179. The molecule has 0 bridgehead atoms. The summed E-state index contributed by atoms with van der Waals surface area (Å²) in [5.74, 6) is 1.57. The molecule has 1 amide bonds. The number of hydrogen-bond donors (Lipinski definition) is 1. The van der Waals surface area contributed by atoms with Gasteiger partial charge in [-0.2, -0.15) is 5.10 Å². The van der Waals surface area contributed by atoms with Gasteiger partial charge in [0.2, 0.25) is 5.91 Å². The summed E-state index contributed by atoms with van der Waals surface area (Å²) in [5, 5.41) is 8.54. The number of methoxy groups -OCH3 is 3. The molecule has 0 fully saturated rings. The number of rotatable bonds is 8. The molecule has 32 heavy (non-hydrogen) atoms. The van der Waals surface area contributed by atoms with Crippen LogP contribution in [-0.4, -0.2) is 37.0 Å². The van der Waals surface area contributed by atoms with E-state index in [-0.39, 0.29) is 18.9 Å². The predicted octanol–water partition coefficient (Wildman–Crippen LogP) is 4.68. The topological polar surface area (TPSA) is 74.6 Å². The fourth-order valence-electron chi connectivity index (χ4n) is 3.47. The lowest BCUT2D eigenvalue weighted by atomic mass is 10.1. The molecule has 9 heteroatoms. The van der Waals surface area contributed by atoms with Crippen molar-refractivity contribution in [3.05, 3.63) is 62.9 Å². The van der Waals surface area contributed by atoms with Gasteiger partial charge in [0.15, 0.2) is 11.5 Å². The van der Waals surface area contributed by atoms with E-state index in [1.165, 1.54) is 0 Å². The largest absolute Gasteiger partial charge is 0.496 e. The van der Waals surface area contributed by atoms with Crippen LogP contribution in [0.3, 0.4) is 0 Å². The molecule has 7 nitrogen and oxygen atoms in total. The average Bonchev–Trinajstić information content (AvgIpc) is 3.05. The minimum absolute atomic E-state index is 0.144. The molecular formula is C23H25Cl2N3O4. The van der Waals surface area contributed by atoms with Crippen LogP contribution in [0.25, 0.3) is 5.69 Å². The summed E-state index contributed by atoms with van der Waals surface area (Å²) in [5.41, 5.74) is 3.92. The molecule has 3 rings (SSSR count). The third-order valence-corrected chi connectivity index (χ3v) is 5.72. The van der Waals surface area contributed by atoms with Crippen molar-refractivity contribution < 1.29 is 19.0 Å². The lowest BCUT2D eigenvalue weighted by Gasteiger charge is -2.14. The molecule has 1 aromatic heterocycles. The maximum Gasteiger partial charge on any atom is 0.224 e. The lowest BCUT2D eigenvalue weighted by molar-refractivity contribution is -0.120. The van der Waals surface area contributed by atoms with E-state index in [4.69, 9.17) is 37.4 Å². The molecule has 1 N–H and O–H groups in total.